The van der Waals surface area contributed by atoms with Crippen LogP contribution in [0, 0.1) is 0 Å². The maximum absolute atomic E-state index is 5.86. The van der Waals surface area contributed by atoms with Gasteiger partial charge in [0, 0.05) is 27.8 Å². The Hall–Kier alpha value is -0.550. The summed E-state index contributed by atoms with van der Waals surface area (Å²) in [4.78, 5) is 7.62. The van der Waals surface area contributed by atoms with Gasteiger partial charge in [0.25, 0.3) is 0 Å². The zero-order valence-electron chi connectivity index (χ0n) is 9.03. The van der Waals surface area contributed by atoms with Gasteiger partial charge in [0.2, 0.25) is 0 Å². The van der Waals surface area contributed by atoms with Crippen LogP contribution >= 0.6 is 27.3 Å². The number of thiophene rings is 1. The van der Waals surface area contributed by atoms with Gasteiger partial charge < -0.3 is 10.6 Å². The van der Waals surface area contributed by atoms with Crippen molar-refractivity contribution in [3.8, 4) is 0 Å². The van der Waals surface area contributed by atoms with Crippen molar-refractivity contribution < 1.29 is 0 Å². The third-order valence-electron chi connectivity index (χ3n) is 2.11. The second kappa shape index (κ2) is 6.12. The third-order valence-corrected chi connectivity index (χ3v) is 3.79. The van der Waals surface area contributed by atoms with Gasteiger partial charge in [-0.2, -0.15) is 0 Å². The standard InChI is InChI=1S/C10H16BrN3S/c1-3-14(4-2)10(12)13-6-9-5-8(11)7-15-9/h5,7H,3-4,6H2,1-2H3,(H2,12,13). The molecule has 0 bridgehead atoms. The largest absolute Gasteiger partial charge is 0.370 e. The lowest BCUT2D eigenvalue weighted by molar-refractivity contribution is 0.458. The molecule has 0 saturated carbocycles. The van der Waals surface area contributed by atoms with Crippen LogP contribution in [0.4, 0.5) is 0 Å². The summed E-state index contributed by atoms with van der Waals surface area (Å²) in [6.45, 7) is 6.62. The summed E-state index contributed by atoms with van der Waals surface area (Å²) in [6, 6.07) is 2.07. The van der Waals surface area contributed by atoms with Crippen LogP contribution in [0.2, 0.25) is 0 Å². The molecule has 0 unspecified atom stereocenters. The Morgan fingerprint density at radius 3 is 2.67 bits per heavy atom. The number of aliphatic imine (C=N–C) groups is 1. The number of nitrogens with two attached hydrogens (primary N) is 1. The van der Waals surface area contributed by atoms with Crippen molar-refractivity contribution in [3.05, 3.63) is 20.8 Å². The first-order chi connectivity index (χ1) is 7.17. The van der Waals surface area contributed by atoms with E-state index in [1.54, 1.807) is 11.3 Å². The minimum absolute atomic E-state index is 0.629. The highest BCUT2D eigenvalue weighted by atomic mass is 79.9. The SMILES string of the molecule is CCN(CC)C(N)=NCc1cc(Br)cs1. The molecule has 1 aromatic rings. The molecule has 1 aromatic heterocycles. The Morgan fingerprint density at radius 2 is 2.20 bits per heavy atom. The van der Waals surface area contributed by atoms with E-state index >= 15 is 0 Å². The van der Waals surface area contributed by atoms with Crippen molar-refractivity contribution in [3.63, 3.8) is 0 Å². The smallest absolute Gasteiger partial charge is 0.191 e. The second-order valence-corrected chi connectivity index (χ2v) is 4.99. The average Bonchev–Trinajstić information content (AvgIpc) is 2.63. The minimum Gasteiger partial charge on any atom is -0.370 e. The quantitative estimate of drug-likeness (QED) is 0.684. The van der Waals surface area contributed by atoms with E-state index in [1.807, 2.05) is 4.90 Å². The molecule has 0 spiro atoms. The average molecular weight is 290 g/mol. The number of hydrogen-bond acceptors (Lipinski definition) is 2. The molecular weight excluding hydrogens is 274 g/mol. The van der Waals surface area contributed by atoms with Gasteiger partial charge in [-0.1, -0.05) is 0 Å². The van der Waals surface area contributed by atoms with Crippen LogP contribution in [0.1, 0.15) is 18.7 Å². The van der Waals surface area contributed by atoms with E-state index in [2.05, 4.69) is 46.2 Å². The lowest BCUT2D eigenvalue weighted by atomic mass is 10.5. The molecule has 1 rings (SSSR count). The fourth-order valence-electron chi connectivity index (χ4n) is 1.24. The van der Waals surface area contributed by atoms with E-state index in [4.69, 9.17) is 5.73 Å². The van der Waals surface area contributed by atoms with Crippen LogP contribution in [-0.2, 0) is 6.54 Å². The molecule has 0 aromatic carbocycles. The zero-order chi connectivity index (χ0) is 11.3. The molecule has 0 aliphatic heterocycles. The minimum atomic E-state index is 0.629. The third kappa shape index (κ3) is 3.83. The van der Waals surface area contributed by atoms with Crippen LogP contribution in [-0.4, -0.2) is 23.9 Å². The molecule has 5 heteroatoms. The second-order valence-electron chi connectivity index (χ2n) is 3.08. The van der Waals surface area contributed by atoms with Gasteiger partial charge >= 0.3 is 0 Å². The summed E-state index contributed by atoms with van der Waals surface area (Å²) in [5, 5.41) is 2.05. The number of guanidine groups is 1. The van der Waals surface area contributed by atoms with Gasteiger partial charge in [-0.25, -0.2) is 4.99 Å². The fraction of sp³-hybridized carbons (Fsp3) is 0.500. The van der Waals surface area contributed by atoms with E-state index in [1.165, 1.54) is 4.88 Å². The van der Waals surface area contributed by atoms with Crippen LogP contribution in [0.3, 0.4) is 0 Å². The van der Waals surface area contributed by atoms with Crippen molar-refractivity contribution in [2.45, 2.75) is 20.4 Å². The van der Waals surface area contributed by atoms with Crippen molar-refractivity contribution in [1.29, 1.82) is 0 Å². The number of halogens is 1. The van der Waals surface area contributed by atoms with E-state index in [0.29, 0.717) is 12.5 Å². The van der Waals surface area contributed by atoms with Gasteiger partial charge in [0.15, 0.2) is 5.96 Å². The molecule has 0 atom stereocenters. The molecule has 0 aliphatic rings. The molecule has 0 amide bonds. The van der Waals surface area contributed by atoms with Gasteiger partial charge in [0.1, 0.15) is 0 Å². The summed E-state index contributed by atoms with van der Waals surface area (Å²) in [6.07, 6.45) is 0. The van der Waals surface area contributed by atoms with Crippen LogP contribution in [0.15, 0.2) is 20.9 Å². The van der Waals surface area contributed by atoms with Crippen molar-refractivity contribution in [2.24, 2.45) is 10.7 Å². The van der Waals surface area contributed by atoms with Crippen LogP contribution < -0.4 is 5.73 Å². The molecule has 15 heavy (non-hydrogen) atoms. The van der Waals surface area contributed by atoms with Gasteiger partial charge in [-0.3, -0.25) is 0 Å². The lowest BCUT2D eigenvalue weighted by Crippen LogP contribution is -2.36. The van der Waals surface area contributed by atoms with E-state index in [9.17, 15) is 0 Å². The first-order valence-corrected chi connectivity index (χ1v) is 6.62. The van der Waals surface area contributed by atoms with Crippen molar-refractivity contribution in [2.75, 3.05) is 13.1 Å². The Balaban J connectivity index is 2.56. The highest BCUT2D eigenvalue weighted by Crippen LogP contribution is 2.20. The Kier molecular flexibility index (Phi) is 5.11. The lowest BCUT2D eigenvalue weighted by Gasteiger charge is -2.19. The molecule has 3 nitrogen and oxygen atoms in total. The maximum atomic E-state index is 5.86. The normalized spacial score (nSPS) is 11.8. The zero-order valence-corrected chi connectivity index (χ0v) is 11.4. The first kappa shape index (κ1) is 12.5. The summed E-state index contributed by atoms with van der Waals surface area (Å²) < 4.78 is 1.11. The maximum Gasteiger partial charge on any atom is 0.191 e. The Bertz CT molecular complexity index is 331. The van der Waals surface area contributed by atoms with Crippen molar-refractivity contribution in [1.82, 2.24) is 4.90 Å². The van der Waals surface area contributed by atoms with E-state index < -0.39 is 0 Å². The van der Waals surface area contributed by atoms with Crippen LogP contribution in [0.5, 0.6) is 0 Å². The number of nitrogens with zero attached hydrogens (tertiary/aromatic N) is 2. The monoisotopic (exact) mass is 289 g/mol. The Morgan fingerprint density at radius 1 is 1.53 bits per heavy atom. The summed E-state index contributed by atoms with van der Waals surface area (Å²) in [5.41, 5.74) is 5.86. The van der Waals surface area contributed by atoms with Crippen molar-refractivity contribution >= 4 is 33.2 Å². The molecule has 84 valence electrons. The number of hydrogen-bond donors (Lipinski definition) is 1. The van der Waals surface area contributed by atoms with Gasteiger partial charge in [-0.05, 0) is 35.8 Å². The molecule has 0 radical (unpaired) electrons. The Labute approximate surface area is 103 Å². The summed E-state index contributed by atoms with van der Waals surface area (Å²) in [7, 11) is 0. The molecular formula is C10H16BrN3S. The topological polar surface area (TPSA) is 41.6 Å². The van der Waals surface area contributed by atoms with Gasteiger partial charge in [-0.15, -0.1) is 11.3 Å². The molecule has 2 N–H and O–H groups in total. The highest BCUT2D eigenvalue weighted by molar-refractivity contribution is 9.10. The van der Waals surface area contributed by atoms with E-state index in [-0.39, 0.29) is 0 Å². The predicted octanol–water partition coefficient (Wildman–Crippen LogP) is 2.67. The summed E-state index contributed by atoms with van der Waals surface area (Å²) in [5.74, 6) is 0.629. The highest BCUT2D eigenvalue weighted by Gasteiger charge is 2.02. The van der Waals surface area contributed by atoms with Gasteiger partial charge in [0.05, 0.1) is 6.54 Å². The molecule has 0 fully saturated rings. The molecule has 0 saturated heterocycles. The predicted molar refractivity (Wildman–Crippen MR) is 70.3 cm³/mol. The van der Waals surface area contributed by atoms with E-state index in [0.717, 1.165) is 17.6 Å². The number of rotatable bonds is 4. The fourth-order valence-corrected chi connectivity index (χ4v) is 2.62. The molecule has 0 aliphatic carbocycles. The molecule has 1 heterocycles. The first-order valence-electron chi connectivity index (χ1n) is 4.95. The van der Waals surface area contributed by atoms with Crippen LogP contribution in [0.25, 0.3) is 0 Å². The summed E-state index contributed by atoms with van der Waals surface area (Å²) >= 11 is 5.11.